The molecule has 1 unspecified atom stereocenters. The van der Waals surface area contributed by atoms with Gasteiger partial charge in [-0.05, 0) is 67.8 Å². The molecule has 0 saturated carbocycles. The summed E-state index contributed by atoms with van der Waals surface area (Å²) in [7, 11) is 1.45. The smallest absolute Gasteiger partial charge is 0.429 e. The summed E-state index contributed by atoms with van der Waals surface area (Å²) in [6.45, 7) is 3.33. The number of methoxy groups -OCH3 is 1. The van der Waals surface area contributed by atoms with Crippen molar-refractivity contribution in [2.75, 3.05) is 7.11 Å². The Bertz CT molecular complexity index is 1710. The topological polar surface area (TPSA) is 79.4 Å². The molecule has 0 saturated heterocycles. The van der Waals surface area contributed by atoms with Crippen molar-refractivity contribution < 1.29 is 31.6 Å². The molecule has 206 valence electrons. The van der Waals surface area contributed by atoms with E-state index in [0.29, 0.717) is 44.9 Å². The number of hydrogen-bond acceptors (Lipinski definition) is 6. The van der Waals surface area contributed by atoms with E-state index in [9.17, 15) is 22.4 Å². The maximum absolute atomic E-state index is 14.4. The van der Waals surface area contributed by atoms with Crippen LogP contribution >= 0.6 is 0 Å². The minimum Gasteiger partial charge on any atom is -0.496 e. The lowest BCUT2D eigenvalue weighted by molar-refractivity contribution is -0.198. The van der Waals surface area contributed by atoms with Gasteiger partial charge in [0.05, 0.1) is 41.7 Å². The van der Waals surface area contributed by atoms with E-state index in [1.165, 1.54) is 17.9 Å². The molecule has 0 bridgehead atoms. The first-order chi connectivity index (χ1) is 19.1. The summed E-state index contributed by atoms with van der Waals surface area (Å²) in [5.74, 6) is -0.0190. The van der Waals surface area contributed by atoms with Crippen molar-refractivity contribution in [3.05, 3.63) is 106 Å². The van der Waals surface area contributed by atoms with Gasteiger partial charge in [0.2, 0.25) is 6.10 Å². The van der Waals surface area contributed by atoms with Crippen LogP contribution in [-0.4, -0.2) is 28.0 Å². The lowest BCUT2D eigenvalue weighted by Gasteiger charge is -2.24. The van der Waals surface area contributed by atoms with Crippen molar-refractivity contribution in [1.29, 1.82) is 0 Å². The Morgan fingerprint density at radius 1 is 1.05 bits per heavy atom. The zero-order valence-electron chi connectivity index (χ0n) is 21.6. The van der Waals surface area contributed by atoms with Crippen LogP contribution in [0, 0.1) is 19.7 Å². The summed E-state index contributed by atoms with van der Waals surface area (Å²) in [6.07, 6.45) is -6.07. The molecule has 0 amide bonds. The van der Waals surface area contributed by atoms with E-state index < -0.39 is 29.2 Å². The molecule has 0 N–H and O–H groups in total. The summed E-state index contributed by atoms with van der Waals surface area (Å²) >= 11 is 0. The van der Waals surface area contributed by atoms with Crippen molar-refractivity contribution in [3.8, 4) is 22.6 Å². The molecule has 0 aliphatic heterocycles. The number of benzene rings is 2. The Labute approximate surface area is 225 Å². The molecule has 0 aliphatic carbocycles. The van der Waals surface area contributed by atoms with Crippen LogP contribution in [0.5, 0.6) is 11.5 Å². The summed E-state index contributed by atoms with van der Waals surface area (Å²) in [5.41, 5.74) is 0.935. The molecule has 11 heteroatoms. The van der Waals surface area contributed by atoms with E-state index in [2.05, 4.69) is 10.1 Å². The molecule has 3 aromatic heterocycles. The lowest BCUT2D eigenvalue weighted by atomic mass is 9.98. The third kappa shape index (κ3) is 5.14. The van der Waals surface area contributed by atoms with Crippen LogP contribution in [0.15, 0.2) is 76.2 Å². The molecule has 5 rings (SSSR count). The Hall–Kier alpha value is -4.67. The van der Waals surface area contributed by atoms with Crippen molar-refractivity contribution in [1.82, 2.24) is 14.7 Å². The van der Waals surface area contributed by atoms with Crippen LogP contribution < -0.4 is 15.0 Å². The van der Waals surface area contributed by atoms with Crippen LogP contribution in [0.25, 0.3) is 22.0 Å². The fraction of sp³-hybridized carbons (Fsp3) is 0.207. The molecule has 0 aliphatic rings. The number of aryl methyl sites for hydroxylation is 2. The average molecular weight is 554 g/mol. The quantitative estimate of drug-likeness (QED) is 0.213. The molecule has 7 nitrogen and oxygen atoms in total. The van der Waals surface area contributed by atoms with Gasteiger partial charge in [0, 0.05) is 17.8 Å². The fourth-order valence-corrected chi connectivity index (χ4v) is 4.62. The number of halogens is 4. The van der Waals surface area contributed by atoms with Gasteiger partial charge in [0.15, 0.2) is 0 Å². The van der Waals surface area contributed by atoms with E-state index >= 15 is 0 Å². The summed E-state index contributed by atoms with van der Waals surface area (Å²) in [4.78, 5) is 18.0. The van der Waals surface area contributed by atoms with Gasteiger partial charge >= 0.3 is 6.18 Å². The Balaban J connectivity index is 1.78. The molecule has 0 spiro atoms. The zero-order valence-corrected chi connectivity index (χ0v) is 21.6. The van der Waals surface area contributed by atoms with Gasteiger partial charge in [-0.25, -0.2) is 4.39 Å². The molecule has 40 heavy (non-hydrogen) atoms. The molecule has 3 heterocycles. The second-order valence-electron chi connectivity index (χ2n) is 9.12. The largest absolute Gasteiger partial charge is 0.496 e. The van der Waals surface area contributed by atoms with E-state index in [1.807, 2.05) is 0 Å². The Morgan fingerprint density at radius 2 is 1.80 bits per heavy atom. The number of hydrogen-bond donors (Lipinski definition) is 0. The van der Waals surface area contributed by atoms with Crippen molar-refractivity contribution in [2.24, 2.45) is 0 Å². The van der Waals surface area contributed by atoms with Gasteiger partial charge < -0.3 is 18.6 Å². The molecule has 5 aromatic rings. The summed E-state index contributed by atoms with van der Waals surface area (Å²) in [6, 6.07) is 13.5. The van der Waals surface area contributed by atoms with E-state index in [1.54, 1.807) is 44.2 Å². The summed E-state index contributed by atoms with van der Waals surface area (Å²) in [5, 5.41) is 4.29. The Kier molecular flexibility index (Phi) is 7.05. The average Bonchev–Trinajstić information content (AvgIpc) is 3.26. The van der Waals surface area contributed by atoms with Crippen LogP contribution in [0.3, 0.4) is 0 Å². The predicted molar refractivity (Wildman–Crippen MR) is 139 cm³/mol. The maximum Gasteiger partial charge on any atom is 0.429 e. The van der Waals surface area contributed by atoms with Crippen LogP contribution in [0.2, 0.25) is 0 Å². The van der Waals surface area contributed by atoms with Crippen LogP contribution in [-0.2, 0) is 6.54 Å². The van der Waals surface area contributed by atoms with Gasteiger partial charge in [0.1, 0.15) is 23.1 Å². The minimum absolute atomic E-state index is 0.112. The molecular formula is C29H23F4N3O4. The molecule has 0 fully saturated rings. The van der Waals surface area contributed by atoms with E-state index in [4.69, 9.17) is 14.0 Å². The number of ether oxygens (including phenoxy) is 2. The Morgan fingerprint density at radius 3 is 2.40 bits per heavy atom. The minimum atomic E-state index is -4.97. The highest BCUT2D eigenvalue weighted by atomic mass is 19.4. The SMILES string of the molecule is COc1cc2c(cc1-c1c(C)noc1C)cc(C(Oc1ccc(F)cc1)C(F)(F)F)c(=O)n2Cc1ccccn1. The number of rotatable bonds is 7. The van der Waals surface area contributed by atoms with Crippen LogP contribution in [0.4, 0.5) is 17.6 Å². The first-order valence-electron chi connectivity index (χ1n) is 12.1. The first-order valence-corrected chi connectivity index (χ1v) is 12.1. The lowest BCUT2D eigenvalue weighted by Crippen LogP contribution is -2.34. The number of pyridine rings is 2. The molecule has 0 radical (unpaired) electrons. The van der Waals surface area contributed by atoms with Crippen molar-refractivity contribution in [2.45, 2.75) is 32.7 Å². The predicted octanol–water partition coefficient (Wildman–Crippen LogP) is 6.55. The second kappa shape index (κ2) is 10.5. The highest BCUT2D eigenvalue weighted by molar-refractivity contribution is 5.90. The van der Waals surface area contributed by atoms with Crippen LogP contribution in [0.1, 0.15) is 28.8 Å². The number of alkyl halides is 3. The number of nitrogens with zero attached hydrogens (tertiary/aromatic N) is 3. The van der Waals surface area contributed by atoms with Gasteiger partial charge in [-0.1, -0.05) is 11.2 Å². The zero-order chi connectivity index (χ0) is 28.6. The monoisotopic (exact) mass is 553 g/mol. The fourth-order valence-electron chi connectivity index (χ4n) is 4.62. The maximum atomic E-state index is 14.4. The van der Waals surface area contributed by atoms with E-state index in [-0.39, 0.29) is 12.3 Å². The second-order valence-corrected chi connectivity index (χ2v) is 9.12. The highest BCUT2D eigenvalue weighted by Gasteiger charge is 2.45. The van der Waals surface area contributed by atoms with Gasteiger partial charge in [0.25, 0.3) is 5.56 Å². The van der Waals surface area contributed by atoms with Gasteiger partial charge in [-0.15, -0.1) is 0 Å². The number of fused-ring (bicyclic) bond motifs is 1. The molecule has 2 aromatic carbocycles. The number of aromatic nitrogens is 3. The molecular weight excluding hydrogens is 530 g/mol. The van der Waals surface area contributed by atoms with Gasteiger partial charge in [-0.2, -0.15) is 13.2 Å². The van der Waals surface area contributed by atoms with Crippen molar-refractivity contribution in [3.63, 3.8) is 0 Å². The summed E-state index contributed by atoms with van der Waals surface area (Å²) < 4.78 is 74.1. The molecule has 1 atom stereocenters. The third-order valence-electron chi connectivity index (χ3n) is 6.44. The third-order valence-corrected chi connectivity index (χ3v) is 6.44. The van der Waals surface area contributed by atoms with E-state index in [0.717, 1.165) is 30.3 Å². The standard InChI is InChI=1S/C29H23F4N3O4/c1-16-26(17(2)40-35-16)22-12-18-13-23(27(29(31,32)33)39-21-9-7-19(30)8-10-21)28(37)36(24(18)14-25(22)38-3)15-20-6-4-5-11-34-20/h4-14,27H,15H2,1-3H3. The highest BCUT2D eigenvalue weighted by Crippen LogP contribution is 2.40. The van der Waals surface area contributed by atoms with Gasteiger partial charge in [-0.3, -0.25) is 9.78 Å². The normalized spacial score (nSPS) is 12.5. The van der Waals surface area contributed by atoms with Crippen molar-refractivity contribution >= 4 is 10.9 Å². The first kappa shape index (κ1) is 26.9.